The van der Waals surface area contributed by atoms with E-state index in [1.165, 1.54) is 11.3 Å². The van der Waals surface area contributed by atoms with E-state index in [9.17, 15) is 4.79 Å². The molecule has 16 heavy (non-hydrogen) atoms. The lowest BCUT2D eigenvalue weighted by Crippen LogP contribution is -2.20. The summed E-state index contributed by atoms with van der Waals surface area (Å²) in [5.74, 6) is 0.00910. The number of tetrazole rings is 1. The summed E-state index contributed by atoms with van der Waals surface area (Å²) in [6.45, 7) is 1.70. The largest absolute Gasteiger partial charge is 0.334 e. The maximum absolute atomic E-state index is 11.1. The molecular formula is C8H7BrN4O2S. The first-order valence-corrected chi connectivity index (χ1v) is 6.12. The Morgan fingerprint density at radius 1 is 1.69 bits per heavy atom. The normalized spacial score (nSPS) is 10.4. The van der Waals surface area contributed by atoms with E-state index < -0.39 is 0 Å². The van der Waals surface area contributed by atoms with E-state index in [4.69, 9.17) is 4.84 Å². The minimum atomic E-state index is -0.389. The van der Waals surface area contributed by atoms with Gasteiger partial charge in [-0.25, -0.2) is 4.79 Å². The zero-order valence-corrected chi connectivity index (χ0v) is 10.7. The number of aromatic nitrogens is 4. The lowest BCUT2D eigenvalue weighted by atomic mass is 10.3. The van der Waals surface area contributed by atoms with Crippen molar-refractivity contribution in [3.63, 3.8) is 0 Å². The number of carbonyl (C=O) groups is 1. The number of halogens is 1. The molecule has 0 spiro atoms. The summed E-state index contributed by atoms with van der Waals surface area (Å²) in [5.41, 5.74) is 0.791. The van der Waals surface area contributed by atoms with Gasteiger partial charge in [-0.15, -0.1) is 16.4 Å². The third kappa shape index (κ3) is 2.12. The minimum Gasteiger partial charge on any atom is -0.316 e. The fourth-order valence-electron chi connectivity index (χ4n) is 1.01. The van der Waals surface area contributed by atoms with Crippen LogP contribution in [0.25, 0.3) is 11.4 Å². The SMILES string of the molecule is CCC(=O)On1nnnc1-c1ccsc1Br. The van der Waals surface area contributed by atoms with Crippen molar-refractivity contribution in [2.45, 2.75) is 13.3 Å². The lowest BCUT2D eigenvalue weighted by molar-refractivity contribution is -0.145. The van der Waals surface area contributed by atoms with Crippen LogP contribution < -0.4 is 4.84 Å². The summed E-state index contributed by atoms with van der Waals surface area (Å²) in [5, 5.41) is 12.8. The Hall–Kier alpha value is -1.28. The Bertz CT molecular complexity index is 510. The van der Waals surface area contributed by atoms with Gasteiger partial charge in [-0.05, 0) is 42.6 Å². The molecule has 0 aliphatic carbocycles. The molecule has 0 aromatic carbocycles. The van der Waals surface area contributed by atoms with Crippen molar-refractivity contribution in [3.05, 3.63) is 15.2 Å². The molecule has 8 heteroatoms. The molecule has 0 unspecified atom stereocenters. The van der Waals surface area contributed by atoms with E-state index in [0.29, 0.717) is 5.82 Å². The monoisotopic (exact) mass is 302 g/mol. The minimum absolute atomic E-state index is 0.268. The molecule has 2 rings (SSSR count). The first-order valence-electron chi connectivity index (χ1n) is 4.45. The number of carbonyl (C=O) groups excluding carboxylic acids is 1. The molecule has 2 aromatic rings. The van der Waals surface area contributed by atoms with Crippen molar-refractivity contribution in [1.82, 2.24) is 20.4 Å². The Kier molecular flexibility index (Phi) is 3.30. The summed E-state index contributed by atoms with van der Waals surface area (Å²) in [4.78, 5) is 17.1. The topological polar surface area (TPSA) is 69.9 Å². The summed E-state index contributed by atoms with van der Waals surface area (Å²) < 4.78 is 0.885. The molecule has 84 valence electrons. The van der Waals surface area contributed by atoms with Crippen LogP contribution >= 0.6 is 27.3 Å². The Morgan fingerprint density at radius 3 is 3.12 bits per heavy atom. The molecule has 0 bridgehead atoms. The lowest BCUT2D eigenvalue weighted by Gasteiger charge is -2.02. The third-order valence-corrected chi connectivity index (χ3v) is 3.46. The standard InChI is InChI=1S/C8H7BrN4O2S/c1-2-6(14)15-13-8(10-11-12-13)5-3-4-16-7(5)9/h3-4H,2H2,1H3. The van der Waals surface area contributed by atoms with Crippen LogP contribution in [0.5, 0.6) is 0 Å². The molecule has 0 saturated heterocycles. The average molecular weight is 303 g/mol. The fraction of sp³-hybridized carbons (Fsp3) is 0.250. The molecule has 6 nitrogen and oxygen atoms in total. The molecule has 0 saturated carbocycles. The van der Waals surface area contributed by atoms with Gasteiger partial charge in [-0.1, -0.05) is 6.92 Å². The smallest absolute Gasteiger partial charge is 0.316 e. The molecule has 0 aliphatic rings. The van der Waals surface area contributed by atoms with Crippen LogP contribution in [0.2, 0.25) is 0 Å². The maximum atomic E-state index is 11.1. The van der Waals surface area contributed by atoms with Gasteiger partial charge in [0.25, 0.3) is 0 Å². The predicted octanol–water partition coefficient (Wildman–Crippen LogP) is 1.53. The highest BCUT2D eigenvalue weighted by molar-refractivity contribution is 9.11. The summed E-state index contributed by atoms with van der Waals surface area (Å²) >= 11 is 4.88. The van der Waals surface area contributed by atoms with E-state index >= 15 is 0 Å². The number of rotatable bonds is 3. The second-order valence-electron chi connectivity index (χ2n) is 2.80. The zero-order chi connectivity index (χ0) is 11.5. The summed E-state index contributed by atoms with van der Waals surface area (Å²) in [6, 6.07) is 1.84. The quantitative estimate of drug-likeness (QED) is 0.804. The Balaban J connectivity index is 2.33. The van der Waals surface area contributed by atoms with Gasteiger partial charge in [0.15, 0.2) is 0 Å². The van der Waals surface area contributed by atoms with Crippen LogP contribution in [0.15, 0.2) is 15.2 Å². The van der Waals surface area contributed by atoms with Crippen LogP contribution in [-0.2, 0) is 4.79 Å². The van der Waals surface area contributed by atoms with E-state index in [1.807, 2.05) is 11.4 Å². The maximum Gasteiger partial charge on any atom is 0.334 e. The van der Waals surface area contributed by atoms with E-state index in [0.717, 1.165) is 14.2 Å². The number of nitrogens with zero attached hydrogens (tertiary/aromatic N) is 4. The zero-order valence-electron chi connectivity index (χ0n) is 8.25. The van der Waals surface area contributed by atoms with Crippen molar-refractivity contribution >= 4 is 33.2 Å². The van der Waals surface area contributed by atoms with Crippen LogP contribution in [0.1, 0.15) is 13.3 Å². The van der Waals surface area contributed by atoms with Crippen LogP contribution in [-0.4, -0.2) is 26.3 Å². The average Bonchev–Trinajstić information content (AvgIpc) is 2.86. The van der Waals surface area contributed by atoms with Gasteiger partial charge >= 0.3 is 5.97 Å². The first-order chi connectivity index (χ1) is 7.72. The van der Waals surface area contributed by atoms with Crippen molar-refractivity contribution in [1.29, 1.82) is 0 Å². The van der Waals surface area contributed by atoms with Crippen molar-refractivity contribution in [2.24, 2.45) is 0 Å². The number of hydrogen-bond donors (Lipinski definition) is 0. The molecule has 0 fully saturated rings. The van der Waals surface area contributed by atoms with E-state index in [-0.39, 0.29) is 12.4 Å². The van der Waals surface area contributed by atoms with Gasteiger partial charge in [-0.3, -0.25) is 0 Å². The van der Waals surface area contributed by atoms with Crippen molar-refractivity contribution in [2.75, 3.05) is 0 Å². The summed E-state index contributed by atoms with van der Waals surface area (Å²) in [6.07, 6.45) is 0.268. The number of thiophene rings is 1. The molecule has 0 N–H and O–H groups in total. The van der Waals surface area contributed by atoms with Crippen molar-refractivity contribution in [3.8, 4) is 11.4 Å². The molecule has 0 aliphatic heterocycles. The first kappa shape index (κ1) is 11.2. The van der Waals surface area contributed by atoms with Gasteiger partial charge in [-0.2, -0.15) is 0 Å². The van der Waals surface area contributed by atoms with Crippen LogP contribution in [0.3, 0.4) is 0 Å². The highest BCUT2D eigenvalue weighted by atomic mass is 79.9. The van der Waals surface area contributed by atoms with Crippen LogP contribution in [0.4, 0.5) is 0 Å². The molecule has 0 radical (unpaired) electrons. The Morgan fingerprint density at radius 2 is 2.50 bits per heavy atom. The second kappa shape index (κ2) is 4.71. The molecule has 0 atom stereocenters. The third-order valence-electron chi connectivity index (χ3n) is 1.78. The molecule has 0 amide bonds. The van der Waals surface area contributed by atoms with E-state index in [1.54, 1.807) is 6.92 Å². The number of hydrogen-bond acceptors (Lipinski definition) is 6. The molecule has 2 aromatic heterocycles. The van der Waals surface area contributed by atoms with Gasteiger partial charge < -0.3 is 4.84 Å². The van der Waals surface area contributed by atoms with E-state index in [2.05, 4.69) is 31.5 Å². The van der Waals surface area contributed by atoms with Crippen LogP contribution in [0, 0.1) is 0 Å². The van der Waals surface area contributed by atoms with Gasteiger partial charge in [0.05, 0.1) is 3.79 Å². The highest BCUT2D eigenvalue weighted by Gasteiger charge is 2.15. The highest BCUT2D eigenvalue weighted by Crippen LogP contribution is 2.30. The predicted molar refractivity (Wildman–Crippen MR) is 60.7 cm³/mol. The molecular weight excluding hydrogens is 296 g/mol. The molecule has 2 heterocycles. The van der Waals surface area contributed by atoms with Crippen molar-refractivity contribution < 1.29 is 9.63 Å². The summed E-state index contributed by atoms with van der Waals surface area (Å²) in [7, 11) is 0. The fourth-order valence-corrected chi connectivity index (χ4v) is 2.26. The van der Waals surface area contributed by atoms with Gasteiger partial charge in [0.1, 0.15) is 0 Å². The second-order valence-corrected chi connectivity index (χ2v) is 5.03. The Labute approximate surface area is 103 Å². The van der Waals surface area contributed by atoms with Gasteiger partial charge in [0.2, 0.25) is 5.82 Å². The van der Waals surface area contributed by atoms with Gasteiger partial charge in [0, 0.05) is 12.0 Å².